The molecule has 2 aromatic rings. The van der Waals surface area contributed by atoms with Crippen molar-refractivity contribution < 1.29 is 8.78 Å². The highest BCUT2D eigenvalue weighted by molar-refractivity contribution is 7.99. The summed E-state index contributed by atoms with van der Waals surface area (Å²) in [6.07, 6.45) is 1.99. The van der Waals surface area contributed by atoms with Gasteiger partial charge in [0.05, 0.1) is 5.02 Å². The van der Waals surface area contributed by atoms with Crippen LogP contribution in [0.1, 0.15) is 24.3 Å². The van der Waals surface area contributed by atoms with Gasteiger partial charge in [0.2, 0.25) is 0 Å². The fourth-order valence-corrected chi connectivity index (χ4v) is 4.03. The SMILES string of the molecule is Fc1ccc(Sc2ccc(F)cc2C2CCNCC2)c(Cl)c1. The fraction of sp³-hybridized carbons (Fsp3) is 0.294. The molecule has 0 amide bonds. The summed E-state index contributed by atoms with van der Waals surface area (Å²) in [7, 11) is 0. The van der Waals surface area contributed by atoms with E-state index in [9.17, 15) is 8.78 Å². The first kappa shape index (κ1) is 15.8. The van der Waals surface area contributed by atoms with Gasteiger partial charge in [-0.1, -0.05) is 23.4 Å². The molecule has 1 aliphatic heterocycles. The Morgan fingerprint density at radius 2 is 1.59 bits per heavy atom. The van der Waals surface area contributed by atoms with Gasteiger partial charge in [-0.15, -0.1) is 0 Å². The molecule has 1 nitrogen and oxygen atoms in total. The van der Waals surface area contributed by atoms with Crippen LogP contribution in [-0.4, -0.2) is 13.1 Å². The summed E-state index contributed by atoms with van der Waals surface area (Å²) in [6.45, 7) is 1.89. The third kappa shape index (κ3) is 3.62. The fourth-order valence-electron chi connectivity index (χ4n) is 2.74. The quantitative estimate of drug-likeness (QED) is 0.821. The molecule has 0 aliphatic carbocycles. The molecule has 1 N–H and O–H groups in total. The predicted molar refractivity (Wildman–Crippen MR) is 86.8 cm³/mol. The van der Waals surface area contributed by atoms with E-state index in [1.165, 1.54) is 30.0 Å². The zero-order chi connectivity index (χ0) is 15.5. The van der Waals surface area contributed by atoms with Crippen molar-refractivity contribution in [3.8, 4) is 0 Å². The Kier molecular flexibility index (Phi) is 5.01. The number of hydrogen-bond donors (Lipinski definition) is 1. The average molecular weight is 340 g/mol. The molecule has 1 aliphatic rings. The van der Waals surface area contributed by atoms with Gasteiger partial charge in [-0.2, -0.15) is 0 Å². The van der Waals surface area contributed by atoms with Crippen molar-refractivity contribution in [2.75, 3.05) is 13.1 Å². The summed E-state index contributed by atoms with van der Waals surface area (Å²) < 4.78 is 26.8. The molecule has 5 heteroatoms. The summed E-state index contributed by atoms with van der Waals surface area (Å²) >= 11 is 7.57. The van der Waals surface area contributed by atoms with Crippen molar-refractivity contribution in [3.63, 3.8) is 0 Å². The van der Waals surface area contributed by atoms with Crippen LogP contribution in [0.15, 0.2) is 46.2 Å². The standard InChI is InChI=1S/C17H16ClF2NS/c18-15-10-13(20)2-4-17(15)22-16-3-1-12(19)9-14(16)11-5-7-21-8-6-11/h1-4,9-11,21H,5-8H2. The van der Waals surface area contributed by atoms with Crippen molar-refractivity contribution in [1.82, 2.24) is 5.32 Å². The predicted octanol–water partition coefficient (Wildman–Crippen LogP) is 5.24. The van der Waals surface area contributed by atoms with Gasteiger partial charge < -0.3 is 5.32 Å². The molecule has 1 fully saturated rings. The maximum Gasteiger partial charge on any atom is 0.124 e. The molecule has 116 valence electrons. The first-order valence-corrected chi connectivity index (χ1v) is 8.46. The molecular weight excluding hydrogens is 324 g/mol. The van der Waals surface area contributed by atoms with Crippen molar-refractivity contribution in [3.05, 3.63) is 58.6 Å². The van der Waals surface area contributed by atoms with E-state index >= 15 is 0 Å². The maximum atomic E-state index is 13.7. The zero-order valence-corrected chi connectivity index (χ0v) is 13.5. The monoisotopic (exact) mass is 339 g/mol. The van der Waals surface area contributed by atoms with Crippen molar-refractivity contribution in [2.24, 2.45) is 0 Å². The van der Waals surface area contributed by atoms with E-state index in [-0.39, 0.29) is 11.6 Å². The lowest BCUT2D eigenvalue weighted by Gasteiger charge is -2.25. The first-order valence-electron chi connectivity index (χ1n) is 7.26. The third-order valence-corrected chi connectivity index (χ3v) is 5.46. The van der Waals surface area contributed by atoms with Gasteiger partial charge in [0.25, 0.3) is 0 Å². The van der Waals surface area contributed by atoms with E-state index in [0.29, 0.717) is 10.9 Å². The van der Waals surface area contributed by atoms with E-state index in [1.54, 1.807) is 18.2 Å². The minimum Gasteiger partial charge on any atom is -0.317 e. The zero-order valence-electron chi connectivity index (χ0n) is 11.9. The lowest BCUT2D eigenvalue weighted by molar-refractivity contribution is 0.454. The number of benzene rings is 2. The van der Waals surface area contributed by atoms with E-state index in [4.69, 9.17) is 11.6 Å². The molecule has 22 heavy (non-hydrogen) atoms. The second-order valence-electron chi connectivity index (χ2n) is 5.38. The maximum absolute atomic E-state index is 13.7. The number of piperidine rings is 1. The lowest BCUT2D eigenvalue weighted by atomic mass is 9.90. The molecule has 0 saturated carbocycles. The molecule has 0 spiro atoms. The largest absolute Gasteiger partial charge is 0.317 e. The molecular formula is C17H16ClF2NS. The Morgan fingerprint density at radius 3 is 2.27 bits per heavy atom. The Labute approximate surface area is 138 Å². The molecule has 3 rings (SSSR count). The van der Waals surface area contributed by atoms with Gasteiger partial charge in [0.15, 0.2) is 0 Å². The number of hydrogen-bond acceptors (Lipinski definition) is 2. The summed E-state index contributed by atoms with van der Waals surface area (Å²) in [5.41, 5.74) is 1.02. The van der Waals surface area contributed by atoms with Crippen LogP contribution in [0.4, 0.5) is 8.78 Å². The molecule has 1 heterocycles. The minimum absolute atomic E-state index is 0.219. The Hall–Kier alpha value is -1.10. The van der Waals surface area contributed by atoms with Crippen LogP contribution in [0.3, 0.4) is 0 Å². The van der Waals surface area contributed by atoms with Gasteiger partial charge in [-0.3, -0.25) is 0 Å². The van der Waals surface area contributed by atoms with E-state index in [0.717, 1.165) is 41.3 Å². The highest BCUT2D eigenvalue weighted by Crippen LogP contribution is 2.40. The molecule has 1 saturated heterocycles. The first-order chi connectivity index (χ1) is 10.6. The van der Waals surface area contributed by atoms with Crippen molar-refractivity contribution in [2.45, 2.75) is 28.6 Å². The number of halogens is 3. The second-order valence-corrected chi connectivity index (χ2v) is 6.87. The normalized spacial score (nSPS) is 16.0. The summed E-state index contributed by atoms with van der Waals surface area (Å²) in [5.74, 6) is -0.228. The Bertz CT molecular complexity index is 672. The van der Waals surface area contributed by atoms with E-state index in [1.807, 2.05) is 0 Å². The van der Waals surface area contributed by atoms with Crippen LogP contribution in [0.25, 0.3) is 0 Å². The van der Waals surface area contributed by atoms with Crippen LogP contribution < -0.4 is 5.32 Å². The lowest BCUT2D eigenvalue weighted by Crippen LogP contribution is -2.26. The highest BCUT2D eigenvalue weighted by Gasteiger charge is 2.20. The number of nitrogens with one attached hydrogen (secondary N) is 1. The Morgan fingerprint density at radius 1 is 0.955 bits per heavy atom. The van der Waals surface area contributed by atoms with Gasteiger partial charge in [0, 0.05) is 9.79 Å². The van der Waals surface area contributed by atoms with Crippen LogP contribution in [0, 0.1) is 11.6 Å². The topological polar surface area (TPSA) is 12.0 Å². The summed E-state index contributed by atoms with van der Waals surface area (Å²) in [6, 6.07) is 9.23. The van der Waals surface area contributed by atoms with Gasteiger partial charge in [0.1, 0.15) is 11.6 Å². The van der Waals surface area contributed by atoms with Crippen LogP contribution in [0.2, 0.25) is 5.02 Å². The van der Waals surface area contributed by atoms with Gasteiger partial charge in [-0.05, 0) is 73.8 Å². The van der Waals surface area contributed by atoms with Crippen LogP contribution >= 0.6 is 23.4 Å². The van der Waals surface area contributed by atoms with Crippen molar-refractivity contribution >= 4 is 23.4 Å². The molecule has 0 radical (unpaired) electrons. The van der Waals surface area contributed by atoms with E-state index < -0.39 is 0 Å². The van der Waals surface area contributed by atoms with Crippen LogP contribution in [-0.2, 0) is 0 Å². The minimum atomic E-state index is -0.355. The smallest absolute Gasteiger partial charge is 0.124 e. The molecule has 0 unspecified atom stereocenters. The molecule has 2 aromatic carbocycles. The second kappa shape index (κ2) is 6.99. The van der Waals surface area contributed by atoms with E-state index in [2.05, 4.69) is 5.32 Å². The molecule has 0 atom stereocenters. The summed E-state index contributed by atoms with van der Waals surface area (Å²) in [5, 5.41) is 3.70. The van der Waals surface area contributed by atoms with Crippen molar-refractivity contribution in [1.29, 1.82) is 0 Å². The third-order valence-electron chi connectivity index (χ3n) is 3.86. The number of rotatable bonds is 3. The summed E-state index contributed by atoms with van der Waals surface area (Å²) in [4.78, 5) is 1.77. The highest BCUT2D eigenvalue weighted by atomic mass is 35.5. The molecule has 0 bridgehead atoms. The van der Waals surface area contributed by atoms with Gasteiger partial charge >= 0.3 is 0 Å². The average Bonchev–Trinajstić information content (AvgIpc) is 2.52. The Balaban J connectivity index is 1.92. The van der Waals surface area contributed by atoms with Crippen LogP contribution in [0.5, 0.6) is 0 Å². The van der Waals surface area contributed by atoms with Gasteiger partial charge in [-0.25, -0.2) is 8.78 Å². The molecule has 0 aromatic heterocycles.